The smallest absolute Gasteiger partial charge is 0.350 e. The van der Waals surface area contributed by atoms with E-state index in [1.807, 2.05) is 39.0 Å². The third-order valence-corrected chi connectivity index (χ3v) is 5.37. The maximum Gasteiger partial charge on any atom is 0.350 e. The number of aryl methyl sites for hydroxylation is 1. The van der Waals surface area contributed by atoms with E-state index in [-0.39, 0.29) is 12.0 Å². The molecule has 0 radical (unpaired) electrons. The van der Waals surface area contributed by atoms with Crippen molar-refractivity contribution in [3.8, 4) is 0 Å². The Morgan fingerprint density at radius 3 is 2.72 bits per heavy atom. The zero-order valence-corrected chi connectivity index (χ0v) is 18.4. The third kappa shape index (κ3) is 7.38. The molecule has 8 heteroatoms. The molecule has 0 saturated carbocycles. The van der Waals surface area contributed by atoms with Gasteiger partial charge in [0.05, 0.1) is 18.3 Å². The number of carbonyl (C=O) groups excluding carboxylic acids is 1. The number of hydrogen-bond donors (Lipinski definition) is 3. The monoisotopic (exact) mass is 417 g/mol. The minimum Gasteiger partial charge on any atom is -0.462 e. The van der Waals surface area contributed by atoms with E-state index in [0.29, 0.717) is 23.7 Å². The summed E-state index contributed by atoms with van der Waals surface area (Å²) in [5.74, 6) is 0.428. The minimum atomic E-state index is -0.313. The van der Waals surface area contributed by atoms with Gasteiger partial charge < -0.3 is 20.7 Å². The lowest BCUT2D eigenvalue weighted by Crippen LogP contribution is -2.38. The number of aromatic nitrogens is 1. The molecule has 3 N–H and O–H groups in total. The standard InChI is InChI=1S/C21H31N5O2S/c1-5-22-21(24-14-10-13-23-17-11-8-7-9-12-17)26-16(4)19-25-15(3)18(29-19)20(27)28-6-2/h7-9,11-12,16,23H,5-6,10,13-14H2,1-4H3,(H2,22,24,26). The molecule has 0 aliphatic rings. The number of esters is 1. The number of para-hydroxylation sites is 1. The number of aliphatic imine (C=N–C) groups is 1. The Morgan fingerprint density at radius 1 is 1.28 bits per heavy atom. The Kier molecular flexibility index (Phi) is 9.43. The van der Waals surface area contributed by atoms with Crippen molar-refractivity contribution in [2.75, 3.05) is 31.6 Å². The highest BCUT2D eigenvalue weighted by atomic mass is 32.1. The summed E-state index contributed by atoms with van der Waals surface area (Å²) >= 11 is 1.36. The first kappa shape index (κ1) is 22.7. The van der Waals surface area contributed by atoms with E-state index in [4.69, 9.17) is 4.74 Å². The average Bonchev–Trinajstić information content (AvgIpc) is 3.11. The summed E-state index contributed by atoms with van der Waals surface area (Å²) in [6.07, 6.45) is 0.920. The van der Waals surface area contributed by atoms with Gasteiger partial charge in [-0.25, -0.2) is 9.78 Å². The van der Waals surface area contributed by atoms with Crippen molar-refractivity contribution in [1.29, 1.82) is 0 Å². The van der Waals surface area contributed by atoms with E-state index < -0.39 is 0 Å². The molecular formula is C21H31N5O2S. The molecule has 0 amide bonds. The topological polar surface area (TPSA) is 87.6 Å². The molecule has 2 aromatic rings. The average molecular weight is 418 g/mol. The number of rotatable bonds is 10. The van der Waals surface area contributed by atoms with E-state index in [9.17, 15) is 4.79 Å². The maximum absolute atomic E-state index is 12.0. The molecule has 1 aromatic heterocycles. The SMILES string of the molecule is CCNC(=NCCCNc1ccccc1)NC(C)c1nc(C)c(C(=O)OCC)s1. The van der Waals surface area contributed by atoms with Crippen LogP contribution in [-0.4, -0.2) is 43.2 Å². The van der Waals surface area contributed by atoms with Gasteiger partial charge in [-0.15, -0.1) is 11.3 Å². The molecule has 1 atom stereocenters. The molecule has 2 rings (SSSR count). The molecular weight excluding hydrogens is 386 g/mol. The summed E-state index contributed by atoms with van der Waals surface area (Å²) < 4.78 is 5.10. The fourth-order valence-electron chi connectivity index (χ4n) is 2.63. The quantitative estimate of drug-likeness (QED) is 0.236. The van der Waals surface area contributed by atoms with E-state index in [1.165, 1.54) is 11.3 Å². The summed E-state index contributed by atoms with van der Waals surface area (Å²) in [5.41, 5.74) is 1.82. The van der Waals surface area contributed by atoms with Crippen molar-refractivity contribution in [3.63, 3.8) is 0 Å². The molecule has 0 fully saturated rings. The van der Waals surface area contributed by atoms with Gasteiger partial charge in [-0.1, -0.05) is 18.2 Å². The van der Waals surface area contributed by atoms with Crippen LogP contribution in [-0.2, 0) is 4.74 Å². The van der Waals surface area contributed by atoms with Gasteiger partial charge >= 0.3 is 5.97 Å². The zero-order chi connectivity index (χ0) is 21.1. The van der Waals surface area contributed by atoms with Gasteiger partial charge in [0.1, 0.15) is 9.88 Å². The molecule has 0 bridgehead atoms. The van der Waals surface area contributed by atoms with Crippen LogP contribution in [0.3, 0.4) is 0 Å². The van der Waals surface area contributed by atoms with Gasteiger partial charge in [0.15, 0.2) is 5.96 Å². The zero-order valence-electron chi connectivity index (χ0n) is 17.6. The van der Waals surface area contributed by atoms with Gasteiger partial charge in [0.2, 0.25) is 0 Å². The number of ether oxygens (including phenoxy) is 1. The Bertz CT molecular complexity index is 792. The van der Waals surface area contributed by atoms with Gasteiger partial charge in [-0.05, 0) is 46.2 Å². The number of nitrogens with zero attached hydrogens (tertiary/aromatic N) is 2. The normalized spacial score (nSPS) is 12.3. The molecule has 1 aromatic carbocycles. The predicted octanol–water partition coefficient (Wildman–Crippen LogP) is 3.75. The van der Waals surface area contributed by atoms with Gasteiger partial charge in [0.25, 0.3) is 0 Å². The number of anilines is 1. The molecule has 0 aliphatic carbocycles. The van der Waals surface area contributed by atoms with Crippen molar-refractivity contribution < 1.29 is 9.53 Å². The van der Waals surface area contributed by atoms with E-state index in [1.54, 1.807) is 6.92 Å². The van der Waals surface area contributed by atoms with Crippen LogP contribution >= 0.6 is 11.3 Å². The van der Waals surface area contributed by atoms with Crippen LogP contribution in [0, 0.1) is 6.92 Å². The second kappa shape index (κ2) is 12.1. The highest BCUT2D eigenvalue weighted by Crippen LogP contribution is 2.24. The van der Waals surface area contributed by atoms with Crippen molar-refractivity contribution in [3.05, 3.63) is 45.9 Å². The van der Waals surface area contributed by atoms with Crippen molar-refractivity contribution in [2.24, 2.45) is 4.99 Å². The Hall–Kier alpha value is -2.61. The first-order valence-corrected chi connectivity index (χ1v) is 10.8. The number of benzene rings is 1. The fourth-order valence-corrected chi connectivity index (χ4v) is 3.60. The summed E-state index contributed by atoms with van der Waals surface area (Å²) in [5, 5.41) is 10.8. The lowest BCUT2D eigenvalue weighted by atomic mass is 10.3. The third-order valence-electron chi connectivity index (χ3n) is 4.05. The largest absolute Gasteiger partial charge is 0.462 e. The fraction of sp³-hybridized carbons (Fsp3) is 0.476. The second-order valence-electron chi connectivity index (χ2n) is 6.46. The van der Waals surface area contributed by atoms with Crippen molar-refractivity contribution in [1.82, 2.24) is 15.6 Å². The van der Waals surface area contributed by atoms with Crippen LogP contribution in [0.2, 0.25) is 0 Å². The lowest BCUT2D eigenvalue weighted by Gasteiger charge is -2.16. The lowest BCUT2D eigenvalue weighted by molar-refractivity contribution is 0.0531. The summed E-state index contributed by atoms with van der Waals surface area (Å²) in [6.45, 7) is 10.4. The molecule has 29 heavy (non-hydrogen) atoms. The summed E-state index contributed by atoms with van der Waals surface area (Å²) in [7, 11) is 0. The number of carbonyl (C=O) groups is 1. The van der Waals surface area contributed by atoms with Crippen molar-refractivity contribution in [2.45, 2.75) is 40.2 Å². The maximum atomic E-state index is 12.0. The summed E-state index contributed by atoms with van der Waals surface area (Å²) in [4.78, 5) is 21.8. The second-order valence-corrected chi connectivity index (χ2v) is 7.49. The molecule has 7 nitrogen and oxygen atoms in total. The first-order chi connectivity index (χ1) is 14.0. The molecule has 1 unspecified atom stereocenters. The molecule has 0 spiro atoms. The Morgan fingerprint density at radius 2 is 2.03 bits per heavy atom. The number of guanidine groups is 1. The highest BCUT2D eigenvalue weighted by Gasteiger charge is 2.20. The van der Waals surface area contributed by atoms with Crippen LogP contribution in [0.5, 0.6) is 0 Å². The number of hydrogen-bond acceptors (Lipinski definition) is 6. The van der Waals surface area contributed by atoms with Gasteiger partial charge in [-0.3, -0.25) is 4.99 Å². The minimum absolute atomic E-state index is 0.0675. The van der Waals surface area contributed by atoms with Crippen molar-refractivity contribution >= 4 is 29.0 Å². The molecule has 0 saturated heterocycles. The number of nitrogens with one attached hydrogen (secondary N) is 3. The first-order valence-electron chi connectivity index (χ1n) is 10.0. The van der Waals surface area contributed by atoms with Crippen LogP contribution < -0.4 is 16.0 Å². The van der Waals surface area contributed by atoms with E-state index in [0.717, 1.165) is 36.2 Å². The molecule has 0 aliphatic heterocycles. The summed E-state index contributed by atoms with van der Waals surface area (Å²) in [6, 6.07) is 10.1. The van der Waals surface area contributed by atoms with E-state index >= 15 is 0 Å². The Labute approximate surface area is 177 Å². The van der Waals surface area contributed by atoms with Gasteiger partial charge in [0, 0.05) is 25.3 Å². The highest BCUT2D eigenvalue weighted by molar-refractivity contribution is 7.13. The number of thiazole rings is 1. The van der Waals surface area contributed by atoms with E-state index in [2.05, 4.69) is 38.1 Å². The Balaban J connectivity index is 1.89. The molecule has 158 valence electrons. The van der Waals surface area contributed by atoms with Crippen LogP contribution in [0.25, 0.3) is 0 Å². The molecule has 1 heterocycles. The van der Waals surface area contributed by atoms with Crippen LogP contribution in [0.15, 0.2) is 35.3 Å². The van der Waals surface area contributed by atoms with Crippen LogP contribution in [0.1, 0.15) is 53.6 Å². The predicted molar refractivity (Wildman–Crippen MR) is 120 cm³/mol. The van der Waals surface area contributed by atoms with Crippen LogP contribution in [0.4, 0.5) is 5.69 Å². The van der Waals surface area contributed by atoms with Gasteiger partial charge in [-0.2, -0.15) is 0 Å².